The molecule has 2 aromatic rings. The number of epoxide rings is 2. The number of benzene rings is 2. The predicted molar refractivity (Wildman–Crippen MR) is 98.1 cm³/mol. The number of halogens is 4. The van der Waals surface area contributed by atoms with E-state index in [1.165, 1.54) is 0 Å². The number of ether oxygens (including phenoxy) is 3. The predicted octanol–water partition coefficient (Wildman–Crippen LogP) is 5.12. The van der Waals surface area contributed by atoms with Gasteiger partial charge in [0.2, 0.25) is 0 Å². The lowest BCUT2D eigenvalue weighted by Crippen LogP contribution is -2.46. The molecule has 2 aliphatic rings. The van der Waals surface area contributed by atoms with E-state index in [9.17, 15) is 0 Å². The number of hydrogen-bond donors (Lipinski definition) is 0. The molecule has 0 radical (unpaired) electrons. The maximum atomic E-state index is 6.52. The van der Waals surface area contributed by atoms with Crippen LogP contribution in [-0.2, 0) is 25.4 Å². The van der Waals surface area contributed by atoms with Crippen LogP contribution in [0.3, 0.4) is 0 Å². The van der Waals surface area contributed by atoms with Crippen LogP contribution >= 0.6 is 46.4 Å². The van der Waals surface area contributed by atoms with Gasteiger partial charge >= 0.3 is 0 Å². The van der Waals surface area contributed by atoms with Crippen molar-refractivity contribution in [3.05, 3.63) is 71.8 Å². The van der Waals surface area contributed by atoms with Crippen LogP contribution in [-0.4, -0.2) is 22.3 Å². The number of rotatable bonds is 6. The van der Waals surface area contributed by atoms with E-state index in [-0.39, 0.29) is 0 Å². The van der Waals surface area contributed by atoms with Crippen molar-refractivity contribution >= 4 is 46.4 Å². The zero-order valence-corrected chi connectivity index (χ0v) is 15.9. The minimum atomic E-state index is -1.80. The molecule has 2 atom stereocenters. The summed E-state index contributed by atoms with van der Waals surface area (Å²) in [5.41, 5.74) is -0.484. The van der Waals surface area contributed by atoms with Gasteiger partial charge in [0.1, 0.15) is 0 Å². The van der Waals surface area contributed by atoms with Gasteiger partial charge in [0.05, 0.1) is 13.2 Å². The maximum Gasteiger partial charge on any atom is 0.256 e. The molecule has 2 fully saturated rings. The van der Waals surface area contributed by atoms with Crippen molar-refractivity contribution in [3.8, 4) is 0 Å². The van der Waals surface area contributed by atoms with Crippen molar-refractivity contribution < 1.29 is 14.2 Å². The van der Waals surface area contributed by atoms with Gasteiger partial charge in [-0.3, -0.25) is 0 Å². The van der Waals surface area contributed by atoms with E-state index in [1.807, 2.05) is 60.7 Å². The Balaban J connectivity index is 1.63. The summed E-state index contributed by atoms with van der Waals surface area (Å²) in [6.45, 7) is 0.597. The van der Waals surface area contributed by atoms with Gasteiger partial charge in [0.15, 0.2) is 11.2 Å². The Morgan fingerprint density at radius 2 is 1.00 bits per heavy atom. The van der Waals surface area contributed by atoms with Crippen LogP contribution in [0.4, 0.5) is 0 Å². The summed E-state index contributed by atoms with van der Waals surface area (Å²) in [7, 11) is 0. The van der Waals surface area contributed by atoms with Crippen LogP contribution in [0.15, 0.2) is 60.7 Å². The molecule has 0 amide bonds. The average molecular weight is 420 g/mol. The Labute approximate surface area is 165 Å². The van der Waals surface area contributed by atoms with Crippen LogP contribution < -0.4 is 0 Å². The molecule has 4 rings (SSSR count). The molecule has 2 unspecified atom stereocenters. The number of hydrogen-bond acceptors (Lipinski definition) is 3. The average Bonchev–Trinajstić information content (AvgIpc) is 3.49. The Kier molecular flexibility index (Phi) is 4.29. The molecule has 7 heteroatoms. The van der Waals surface area contributed by atoms with E-state index in [1.54, 1.807) is 0 Å². The Hall–Kier alpha value is -0.520. The molecule has 0 aliphatic carbocycles. The molecule has 2 saturated heterocycles. The van der Waals surface area contributed by atoms with Gasteiger partial charge in [-0.15, -0.1) is 0 Å². The van der Waals surface area contributed by atoms with Crippen LogP contribution in [0.1, 0.15) is 11.1 Å². The second-order valence-electron chi connectivity index (χ2n) is 6.10. The molecule has 2 aliphatic heterocycles. The summed E-state index contributed by atoms with van der Waals surface area (Å²) in [6.07, 6.45) is 0. The fourth-order valence-corrected chi connectivity index (χ4v) is 4.38. The molecular formula is C18H14Cl4O3. The topological polar surface area (TPSA) is 34.3 Å². The minimum Gasteiger partial charge on any atom is -0.358 e. The first kappa shape index (κ1) is 17.9. The molecule has 2 aromatic carbocycles. The molecule has 3 nitrogen and oxygen atoms in total. The van der Waals surface area contributed by atoms with Gasteiger partial charge in [-0.1, -0.05) is 107 Å². The van der Waals surface area contributed by atoms with Crippen LogP contribution in [0.2, 0.25) is 0 Å². The lowest BCUT2D eigenvalue weighted by atomic mass is 9.99. The summed E-state index contributed by atoms with van der Waals surface area (Å²) < 4.78 is 13.4. The summed E-state index contributed by atoms with van der Waals surface area (Å²) in [5, 5.41) is 0. The quantitative estimate of drug-likeness (QED) is 0.481. The van der Waals surface area contributed by atoms with E-state index >= 15 is 0 Å². The normalized spacial score (nSPS) is 28.6. The number of alkyl halides is 4. The molecule has 132 valence electrons. The fourth-order valence-electron chi connectivity index (χ4n) is 2.89. The van der Waals surface area contributed by atoms with Crippen molar-refractivity contribution in [1.29, 1.82) is 0 Å². The van der Waals surface area contributed by atoms with Crippen LogP contribution in [0.5, 0.6) is 0 Å². The van der Waals surface area contributed by atoms with E-state index in [0.717, 1.165) is 11.1 Å². The third-order valence-electron chi connectivity index (χ3n) is 4.54. The summed E-state index contributed by atoms with van der Waals surface area (Å²) in [4.78, 5) is 0. The highest BCUT2D eigenvalue weighted by Gasteiger charge is 2.71. The first-order chi connectivity index (χ1) is 11.8. The molecule has 25 heavy (non-hydrogen) atoms. The van der Waals surface area contributed by atoms with Crippen molar-refractivity contribution in [2.75, 3.05) is 13.2 Å². The second kappa shape index (κ2) is 6.00. The second-order valence-corrected chi connectivity index (χ2v) is 8.62. The fraction of sp³-hybridized carbons (Fsp3) is 0.333. The van der Waals surface area contributed by atoms with Crippen molar-refractivity contribution in [3.63, 3.8) is 0 Å². The summed E-state index contributed by atoms with van der Waals surface area (Å²) >= 11 is 26.1. The SMILES string of the molecule is ClC(Cl)(OC(Cl)(Cl)C1(c2ccccc2)CO1)C1(c2ccccc2)CO1. The molecule has 2 heterocycles. The van der Waals surface area contributed by atoms with Gasteiger partial charge < -0.3 is 14.2 Å². The van der Waals surface area contributed by atoms with Gasteiger partial charge in [-0.05, 0) is 11.1 Å². The maximum absolute atomic E-state index is 6.52. The van der Waals surface area contributed by atoms with Crippen molar-refractivity contribution in [2.24, 2.45) is 0 Å². The van der Waals surface area contributed by atoms with Crippen LogP contribution in [0, 0.1) is 0 Å². The largest absolute Gasteiger partial charge is 0.358 e. The third-order valence-corrected chi connectivity index (χ3v) is 6.07. The lowest BCUT2D eigenvalue weighted by Gasteiger charge is -2.36. The third kappa shape index (κ3) is 2.87. The highest BCUT2D eigenvalue weighted by Crippen LogP contribution is 2.61. The smallest absolute Gasteiger partial charge is 0.256 e. The Morgan fingerprint density at radius 1 is 0.680 bits per heavy atom. The minimum absolute atomic E-state index is 0.299. The summed E-state index contributed by atoms with van der Waals surface area (Å²) in [6, 6.07) is 18.7. The van der Waals surface area contributed by atoms with E-state index in [4.69, 9.17) is 60.6 Å². The van der Waals surface area contributed by atoms with E-state index in [0.29, 0.717) is 13.2 Å². The van der Waals surface area contributed by atoms with Crippen molar-refractivity contribution in [2.45, 2.75) is 20.2 Å². The van der Waals surface area contributed by atoms with Crippen molar-refractivity contribution in [1.82, 2.24) is 0 Å². The van der Waals surface area contributed by atoms with Gasteiger partial charge in [0, 0.05) is 0 Å². The molecule has 0 N–H and O–H groups in total. The first-order valence-corrected chi connectivity index (χ1v) is 9.19. The van der Waals surface area contributed by atoms with Gasteiger partial charge in [0.25, 0.3) is 9.04 Å². The summed E-state index contributed by atoms with van der Waals surface area (Å²) in [5.74, 6) is 0. The zero-order valence-electron chi connectivity index (χ0n) is 12.9. The Morgan fingerprint density at radius 3 is 1.28 bits per heavy atom. The molecule has 0 saturated carbocycles. The monoisotopic (exact) mass is 418 g/mol. The Bertz CT molecular complexity index is 691. The van der Waals surface area contributed by atoms with Gasteiger partial charge in [-0.25, -0.2) is 0 Å². The highest BCUT2D eigenvalue weighted by atomic mass is 35.5. The molecule has 0 bridgehead atoms. The van der Waals surface area contributed by atoms with Gasteiger partial charge in [-0.2, -0.15) is 0 Å². The first-order valence-electron chi connectivity index (χ1n) is 7.68. The van der Waals surface area contributed by atoms with E-state index in [2.05, 4.69) is 0 Å². The molecule has 0 spiro atoms. The van der Waals surface area contributed by atoms with Crippen LogP contribution in [0.25, 0.3) is 0 Å². The lowest BCUT2D eigenvalue weighted by molar-refractivity contribution is -0.0561. The molecular weight excluding hydrogens is 406 g/mol. The standard InChI is InChI=1S/C18H14Cl4O3/c19-17(20,15(11-23-15)13-7-3-1-4-8-13)25-18(21,22)16(12-24-16)14-9-5-2-6-10-14/h1-10H,11-12H2. The highest BCUT2D eigenvalue weighted by molar-refractivity contribution is 6.51. The zero-order chi connectivity index (χ0) is 17.8. The van der Waals surface area contributed by atoms with E-state index < -0.39 is 20.2 Å². The molecule has 0 aromatic heterocycles.